The molecule has 0 aliphatic rings. The summed E-state index contributed by atoms with van der Waals surface area (Å²) >= 11 is 0. The number of anilines is 1. The number of rotatable bonds is 5. The minimum absolute atomic E-state index is 0.215. The van der Waals surface area contributed by atoms with Crippen molar-refractivity contribution in [1.82, 2.24) is 9.55 Å². The molecule has 0 radical (unpaired) electrons. The Morgan fingerprint density at radius 3 is 2.71 bits per heavy atom. The molecular weight excluding hydrogens is 279 g/mol. The summed E-state index contributed by atoms with van der Waals surface area (Å²) in [7, 11) is 0. The predicted octanol–water partition coefficient (Wildman–Crippen LogP) is 4.41. The van der Waals surface area contributed by atoms with Gasteiger partial charge in [-0.1, -0.05) is 19.4 Å². The van der Waals surface area contributed by atoms with Crippen LogP contribution in [0.15, 0.2) is 30.6 Å². The van der Waals surface area contributed by atoms with E-state index in [-0.39, 0.29) is 5.56 Å². The number of alkyl halides is 3. The Labute approximate surface area is 121 Å². The third kappa shape index (κ3) is 3.56. The van der Waals surface area contributed by atoms with Crippen LogP contribution < -0.4 is 5.32 Å². The Balaban J connectivity index is 2.33. The average Bonchev–Trinajstić information content (AvgIpc) is 2.87. The van der Waals surface area contributed by atoms with Crippen LogP contribution >= 0.6 is 0 Å². The van der Waals surface area contributed by atoms with Crippen LogP contribution in [0.5, 0.6) is 0 Å². The van der Waals surface area contributed by atoms with Crippen molar-refractivity contribution in [2.75, 3.05) is 11.9 Å². The molecule has 0 bridgehead atoms. The van der Waals surface area contributed by atoms with Crippen molar-refractivity contribution < 1.29 is 13.2 Å². The first kappa shape index (κ1) is 15.4. The summed E-state index contributed by atoms with van der Waals surface area (Å²) in [6, 6.07) is 4.30. The first-order chi connectivity index (χ1) is 9.93. The molecule has 0 amide bonds. The summed E-state index contributed by atoms with van der Waals surface area (Å²) in [5, 5.41) is 3.14. The van der Waals surface area contributed by atoms with Gasteiger partial charge in [-0.2, -0.15) is 13.2 Å². The highest BCUT2D eigenvalue weighted by atomic mass is 19.4. The van der Waals surface area contributed by atoms with E-state index in [2.05, 4.69) is 17.2 Å². The molecule has 2 rings (SSSR count). The number of halogens is 3. The topological polar surface area (TPSA) is 29.9 Å². The standard InChI is InChI=1S/C15H18F3N3/c1-3-4-7-19-14-20-8-9-21(14)12-6-5-11(2)13(10-12)15(16,17)18/h5-6,8-10H,3-4,7H2,1-2H3,(H,19,20). The van der Waals surface area contributed by atoms with Crippen LogP contribution in [0.4, 0.5) is 19.1 Å². The van der Waals surface area contributed by atoms with Crippen molar-refractivity contribution >= 4 is 5.95 Å². The SMILES string of the molecule is CCCCNc1nccn1-c1ccc(C)c(C(F)(F)F)c1. The van der Waals surface area contributed by atoms with Gasteiger partial charge in [-0.15, -0.1) is 0 Å². The van der Waals surface area contributed by atoms with Gasteiger partial charge in [0.05, 0.1) is 5.56 Å². The zero-order valence-electron chi connectivity index (χ0n) is 12.0. The Bertz CT molecular complexity index is 602. The van der Waals surface area contributed by atoms with Gasteiger partial charge in [-0.05, 0) is 31.0 Å². The molecule has 1 heterocycles. The molecule has 0 atom stereocenters. The van der Waals surface area contributed by atoms with Gasteiger partial charge in [-0.3, -0.25) is 4.57 Å². The molecule has 3 nitrogen and oxygen atoms in total. The first-order valence-corrected chi connectivity index (χ1v) is 6.89. The number of nitrogens with one attached hydrogen (secondary N) is 1. The molecule has 1 aromatic carbocycles. The number of hydrogen-bond acceptors (Lipinski definition) is 2. The number of hydrogen-bond donors (Lipinski definition) is 1. The summed E-state index contributed by atoms with van der Waals surface area (Å²) in [6.45, 7) is 4.27. The predicted molar refractivity (Wildman–Crippen MR) is 76.7 cm³/mol. The minimum atomic E-state index is -4.35. The highest BCUT2D eigenvalue weighted by Gasteiger charge is 2.32. The van der Waals surface area contributed by atoms with Gasteiger partial charge in [0.25, 0.3) is 0 Å². The van der Waals surface area contributed by atoms with E-state index in [1.807, 2.05) is 0 Å². The molecule has 114 valence electrons. The molecule has 0 spiro atoms. The molecule has 1 N–H and O–H groups in total. The zero-order chi connectivity index (χ0) is 15.5. The quantitative estimate of drug-likeness (QED) is 0.828. The fourth-order valence-corrected chi connectivity index (χ4v) is 2.08. The number of aryl methyl sites for hydroxylation is 1. The van der Waals surface area contributed by atoms with Gasteiger partial charge in [0.2, 0.25) is 5.95 Å². The normalized spacial score (nSPS) is 11.7. The van der Waals surface area contributed by atoms with E-state index in [0.717, 1.165) is 25.5 Å². The lowest BCUT2D eigenvalue weighted by Gasteiger charge is -2.14. The lowest BCUT2D eigenvalue weighted by molar-refractivity contribution is -0.138. The van der Waals surface area contributed by atoms with Gasteiger partial charge in [0.1, 0.15) is 0 Å². The van der Waals surface area contributed by atoms with Crippen LogP contribution in [0, 0.1) is 6.92 Å². The molecule has 0 saturated carbocycles. The van der Waals surface area contributed by atoms with Gasteiger partial charge in [0.15, 0.2) is 0 Å². The number of aromatic nitrogens is 2. The molecule has 0 fully saturated rings. The minimum Gasteiger partial charge on any atom is -0.355 e. The van der Waals surface area contributed by atoms with E-state index in [4.69, 9.17) is 0 Å². The van der Waals surface area contributed by atoms with Crippen molar-refractivity contribution in [2.24, 2.45) is 0 Å². The molecule has 6 heteroatoms. The van der Waals surface area contributed by atoms with E-state index >= 15 is 0 Å². The molecule has 21 heavy (non-hydrogen) atoms. The summed E-state index contributed by atoms with van der Waals surface area (Å²) in [4.78, 5) is 4.15. The molecular formula is C15H18F3N3. The highest BCUT2D eigenvalue weighted by Crippen LogP contribution is 2.33. The van der Waals surface area contributed by atoms with E-state index in [0.29, 0.717) is 11.6 Å². The van der Waals surface area contributed by atoms with Crippen molar-refractivity contribution in [3.63, 3.8) is 0 Å². The number of benzene rings is 1. The van der Waals surface area contributed by atoms with Crippen LogP contribution in [0.25, 0.3) is 5.69 Å². The maximum Gasteiger partial charge on any atom is 0.416 e. The number of imidazole rings is 1. The first-order valence-electron chi connectivity index (χ1n) is 6.89. The fraction of sp³-hybridized carbons (Fsp3) is 0.400. The van der Waals surface area contributed by atoms with Gasteiger partial charge < -0.3 is 5.32 Å². The van der Waals surface area contributed by atoms with Crippen molar-refractivity contribution in [1.29, 1.82) is 0 Å². The third-order valence-corrected chi connectivity index (χ3v) is 3.26. The number of unbranched alkanes of at least 4 members (excludes halogenated alkanes) is 1. The highest BCUT2D eigenvalue weighted by molar-refractivity contribution is 5.46. The molecule has 0 aliphatic carbocycles. The lowest BCUT2D eigenvalue weighted by Crippen LogP contribution is -2.10. The third-order valence-electron chi connectivity index (χ3n) is 3.26. The maximum absolute atomic E-state index is 13.0. The van der Waals surface area contributed by atoms with Crippen LogP contribution in [0.1, 0.15) is 30.9 Å². The molecule has 0 aliphatic heterocycles. The van der Waals surface area contributed by atoms with Crippen LogP contribution in [0.2, 0.25) is 0 Å². The largest absolute Gasteiger partial charge is 0.416 e. The van der Waals surface area contributed by atoms with Gasteiger partial charge >= 0.3 is 6.18 Å². The Morgan fingerprint density at radius 2 is 2.05 bits per heavy atom. The second-order valence-corrected chi connectivity index (χ2v) is 4.90. The van der Waals surface area contributed by atoms with E-state index in [9.17, 15) is 13.2 Å². The van der Waals surface area contributed by atoms with E-state index in [1.165, 1.54) is 13.0 Å². The summed E-state index contributed by atoms with van der Waals surface area (Å²) in [6.07, 6.45) is 0.891. The summed E-state index contributed by atoms with van der Waals surface area (Å²) in [5.41, 5.74) is 0.0458. The van der Waals surface area contributed by atoms with Crippen molar-refractivity contribution in [3.05, 3.63) is 41.7 Å². The smallest absolute Gasteiger partial charge is 0.355 e. The summed E-state index contributed by atoms with van der Waals surface area (Å²) in [5.74, 6) is 0.556. The lowest BCUT2D eigenvalue weighted by atomic mass is 10.1. The molecule has 0 unspecified atom stereocenters. The second kappa shape index (κ2) is 6.20. The Hall–Kier alpha value is -1.98. The molecule has 0 saturated heterocycles. The van der Waals surface area contributed by atoms with E-state index in [1.54, 1.807) is 23.0 Å². The zero-order valence-corrected chi connectivity index (χ0v) is 12.0. The van der Waals surface area contributed by atoms with Gasteiger partial charge in [0, 0.05) is 24.6 Å². The average molecular weight is 297 g/mol. The monoisotopic (exact) mass is 297 g/mol. The fourth-order valence-electron chi connectivity index (χ4n) is 2.08. The Morgan fingerprint density at radius 1 is 1.29 bits per heavy atom. The molecule has 1 aromatic heterocycles. The second-order valence-electron chi connectivity index (χ2n) is 4.90. The summed E-state index contributed by atoms with van der Waals surface area (Å²) < 4.78 is 40.6. The van der Waals surface area contributed by atoms with Crippen LogP contribution in [0.3, 0.4) is 0 Å². The van der Waals surface area contributed by atoms with Crippen LogP contribution in [-0.2, 0) is 6.18 Å². The van der Waals surface area contributed by atoms with Gasteiger partial charge in [-0.25, -0.2) is 4.98 Å². The van der Waals surface area contributed by atoms with Crippen LogP contribution in [-0.4, -0.2) is 16.1 Å². The number of nitrogens with zero attached hydrogens (tertiary/aromatic N) is 2. The molecule has 2 aromatic rings. The van der Waals surface area contributed by atoms with E-state index < -0.39 is 11.7 Å². The maximum atomic E-state index is 13.0. The Kier molecular flexibility index (Phi) is 4.55. The van der Waals surface area contributed by atoms with Crippen molar-refractivity contribution in [3.8, 4) is 5.69 Å². The van der Waals surface area contributed by atoms with Crippen molar-refractivity contribution in [2.45, 2.75) is 32.9 Å².